The molecule has 0 atom stereocenters. The third-order valence-electron chi connectivity index (χ3n) is 6.37. The summed E-state index contributed by atoms with van der Waals surface area (Å²) in [5.74, 6) is -0.714. The molecule has 3 N–H and O–H groups in total. The van der Waals surface area contributed by atoms with Gasteiger partial charge in [0.1, 0.15) is 11.9 Å². The standard InChI is InChI=1S/C27H25FN8O/c1-3-25(37)32-23-13-24(36-10-8-35(2)9-11-36)20(28)12-22(23)33-27-31-15-17(14-29)26(34-27)19-16-30-21-7-5-4-6-18(19)21/h3-7,12-13,15-16,30H,1,8-11H2,2H3,(H,32,37)(H,31,33,34). The Morgan fingerprint density at radius 2 is 2.00 bits per heavy atom. The number of likely N-dealkylation sites (N-methyl/N-ethyl adjacent to an activating group) is 1. The van der Waals surface area contributed by atoms with Crippen molar-refractivity contribution in [1.29, 1.82) is 5.26 Å². The zero-order chi connectivity index (χ0) is 25.9. The van der Waals surface area contributed by atoms with Crippen LogP contribution in [-0.2, 0) is 4.79 Å². The van der Waals surface area contributed by atoms with E-state index in [1.807, 2.05) is 36.2 Å². The molecule has 0 aliphatic carbocycles. The van der Waals surface area contributed by atoms with Crippen molar-refractivity contribution in [3.63, 3.8) is 0 Å². The van der Waals surface area contributed by atoms with Gasteiger partial charge in [-0.15, -0.1) is 0 Å². The molecule has 1 saturated heterocycles. The molecule has 0 unspecified atom stereocenters. The van der Waals surface area contributed by atoms with Crippen LogP contribution in [0.1, 0.15) is 5.56 Å². The summed E-state index contributed by atoms with van der Waals surface area (Å²) in [7, 11) is 2.03. The van der Waals surface area contributed by atoms with E-state index in [1.54, 1.807) is 12.3 Å². The Bertz CT molecular complexity index is 1530. The molecule has 37 heavy (non-hydrogen) atoms. The lowest BCUT2D eigenvalue weighted by Gasteiger charge is -2.34. The summed E-state index contributed by atoms with van der Waals surface area (Å²) in [5, 5.41) is 16.4. The van der Waals surface area contributed by atoms with E-state index < -0.39 is 11.7 Å². The molecule has 3 heterocycles. The largest absolute Gasteiger partial charge is 0.367 e. The third kappa shape index (κ3) is 4.85. The minimum absolute atomic E-state index is 0.153. The fourth-order valence-electron chi connectivity index (χ4n) is 4.36. The molecule has 1 aliphatic rings. The van der Waals surface area contributed by atoms with E-state index in [1.165, 1.54) is 12.3 Å². The molecule has 10 heteroatoms. The van der Waals surface area contributed by atoms with E-state index in [4.69, 9.17) is 0 Å². The minimum atomic E-state index is -0.436. The molecule has 1 fully saturated rings. The van der Waals surface area contributed by atoms with Crippen LogP contribution < -0.4 is 15.5 Å². The van der Waals surface area contributed by atoms with Crippen molar-refractivity contribution >= 4 is 39.8 Å². The predicted molar refractivity (Wildman–Crippen MR) is 142 cm³/mol. The van der Waals surface area contributed by atoms with Crippen LogP contribution in [0.2, 0.25) is 0 Å². The van der Waals surface area contributed by atoms with Gasteiger partial charge in [0.25, 0.3) is 0 Å². The fourth-order valence-corrected chi connectivity index (χ4v) is 4.36. The summed E-state index contributed by atoms with van der Waals surface area (Å²) in [4.78, 5) is 28.3. The van der Waals surface area contributed by atoms with E-state index in [9.17, 15) is 10.1 Å². The van der Waals surface area contributed by atoms with E-state index >= 15 is 4.39 Å². The van der Waals surface area contributed by atoms with Crippen LogP contribution in [0.4, 0.5) is 27.4 Å². The number of amides is 1. The van der Waals surface area contributed by atoms with Gasteiger partial charge in [0.05, 0.1) is 34.5 Å². The molecule has 186 valence electrons. The molecule has 1 aliphatic heterocycles. The summed E-state index contributed by atoms with van der Waals surface area (Å²) in [6, 6.07) is 12.8. The lowest BCUT2D eigenvalue weighted by Crippen LogP contribution is -2.44. The highest BCUT2D eigenvalue weighted by molar-refractivity contribution is 6.02. The van der Waals surface area contributed by atoms with Crippen LogP contribution >= 0.6 is 0 Å². The van der Waals surface area contributed by atoms with Crippen LogP contribution in [0.5, 0.6) is 0 Å². The summed E-state index contributed by atoms with van der Waals surface area (Å²) >= 11 is 0. The maximum atomic E-state index is 15.3. The van der Waals surface area contributed by atoms with E-state index in [2.05, 4.69) is 43.1 Å². The smallest absolute Gasteiger partial charge is 0.247 e. The number of hydrogen-bond acceptors (Lipinski definition) is 7. The topological polar surface area (TPSA) is 113 Å². The molecule has 0 saturated carbocycles. The van der Waals surface area contributed by atoms with Crippen molar-refractivity contribution in [2.24, 2.45) is 0 Å². The zero-order valence-electron chi connectivity index (χ0n) is 20.3. The lowest BCUT2D eigenvalue weighted by atomic mass is 10.1. The average molecular weight is 497 g/mol. The number of nitriles is 1. The zero-order valence-corrected chi connectivity index (χ0v) is 20.3. The summed E-state index contributed by atoms with van der Waals surface area (Å²) in [6.45, 7) is 6.47. The number of carbonyl (C=O) groups excluding carboxylic acids is 1. The van der Waals surface area contributed by atoms with Gasteiger partial charge in [-0.3, -0.25) is 4.79 Å². The second kappa shape index (κ2) is 10.1. The molecule has 0 radical (unpaired) electrons. The van der Waals surface area contributed by atoms with Crippen molar-refractivity contribution in [3.8, 4) is 17.3 Å². The van der Waals surface area contributed by atoms with Gasteiger partial charge >= 0.3 is 0 Å². The normalized spacial score (nSPS) is 13.8. The van der Waals surface area contributed by atoms with E-state index in [0.717, 1.165) is 35.6 Å². The Kier molecular flexibility index (Phi) is 6.53. The number of nitrogens with one attached hydrogen (secondary N) is 3. The quantitative estimate of drug-likeness (QED) is 0.342. The first-order chi connectivity index (χ1) is 18.0. The number of benzene rings is 2. The van der Waals surface area contributed by atoms with Gasteiger partial charge in [0, 0.05) is 54.9 Å². The number of carbonyl (C=O) groups is 1. The predicted octanol–water partition coefficient (Wildman–Crippen LogP) is 4.26. The van der Waals surface area contributed by atoms with E-state index in [-0.39, 0.29) is 11.6 Å². The van der Waals surface area contributed by atoms with Crippen molar-refractivity contribution in [2.75, 3.05) is 48.8 Å². The summed E-state index contributed by atoms with van der Waals surface area (Å²) < 4.78 is 15.3. The van der Waals surface area contributed by atoms with Crippen LogP contribution in [0.25, 0.3) is 22.2 Å². The van der Waals surface area contributed by atoms with Gasteiger partial charge in [-0.1, -0.05) is 24.8 Å². The lowest BCUT2D eigenvalue weighted by molar-refractivity contribution is -0.111. The highest BCUT2D eigenvalue weighted by atomic mass is 19.1. The number of piperazine rings is 1. The second-order valence-electron chi connectivity index (χ2n) is 8.77. The molecular weight excluding hydrogens is 471 g/mol. The molecular formula is C27H25FN8O. The highest BCUT2D eigenvalue weighted by Gasteiger charge is 2.21. The SMILES string of the molecule is C=CC(=O)Nc1cc(N2CCN(C)CC2)c(F)cc1Nc1ncc(C#N)c(-c2c[nH]c3ccccc23)n1. The Morgan fingerprint density at radius 3 is 2.76 bits per heavy atom. The maximum absolute atomic E-state index is 15.3. The van der Waals surface area contributed by atoms with Crippen LogP contribution in [0.15, 0.2) is 61.4 Å². The Labute approximate surface area is 213 Å². The Balaban J connectivity index is 1.53. The first-order valence-corrected chi connectivity index (χ1v) is 11.8. The Hall–Kier alpha value is -4.75. The van der Waals surface area contributed by atoms with Crippen molar-refractivity contribution in [1.82, 2.24) is 19.9 Å². The van der Waals surface area contributed by atoms with Gasteiger partial charge in [-0.05, 0) is 25.3 Å². The molecule has 1 amide bonds. The minimum Gasteiger partial charge on any atom is -0.367 e. The molecule has 9 nitrogen and oxygen atoms in total. The Morgan fingerprint density at radius 1 is 1.22 bits per heavy atom. The third-order valence-corrected chi connectivity index (χ3v) is 6.37. The number of fused-ring (bicyclic) bond motifs is 1. The maximum Gasteiger partial charge on any atom is 0.247 e. The molecule has 0 bridgehead atoms. The van der Waals surface area contributed by atoms with E-state index in [0.29, 0.717) is 35.7 Å². The van der Waals surface area contributed by atoms with Gasteiger partial charge in [-0.2, -0.15) is 5.26 Å². The van der Waals surface area contributed by atoms with Gasteiger partial charge in [-0.25, -0.2) is 14.4 Å². The second-order valence-corrected chi connectivity index (χ2v) is 8.77. The molecule has 4 aromatic rings. The molecule has 5 rings (SSSR count). The number of nitrogens with zero attached hydrogens (tertiary/aromatic N) is 5. The number of halogens is 1. The van der Waals surface area contributed by atoms with Gasteiger partial charge in [0.15, 0.2) is 0 Å². The number of anilines is 4. The number of aromatic nitrogens is 3. The summed E-state index contributed by atoms with van der Waals surface area (Å²) in [5.41, 5.74) is 3.43. The first kappa shape index (κ1) is 24.0. The number of aromatic amines is 1. The number of rotatable bonds is 6. The van der Waals surface area contributed by atoms with Crippen molar-refractivity contribution in [2.45, 2.75) is 0 Å². The number of H-pyrrole nitrogens is 1. The van der Waals surface area contributed by atoms with Crippen molar-refractivity contribution in [3.05, 3.63) is 72.8 Å². The highest BCUT2D eigenvalue weighted by Crippen LogP contribution is 2.34. The first-order valence-electron chi connectivity index (χ1n) is 11.8. The number of hydrogen-bond donors (Lipinski definition) is 3. The van der Waals surface area contributed by atoms with Gasteiger partial charge < -0.3 is 25.4 Å². The van der Waals surface area contributed by atoms with Crippen LogP contribution in [-0.4, -0.2) is 59.0 Å². The molecule has 0 spiro atoms. The van der Waals surface area contributed by atoms with Crippen LogP contribution in [0.3, 0.4) is 0 Å². The molecule has 2 aromatic heterocycles. The van der Waals surface area contributed by atoms with Crippen LogP contribution in [0, 0.1) is 17.1 Å². The fraction of sp³-hybridized carbons (Fsp3) is 0.185. The number of para-hydroxylation sites is 1. The summed E-state index contributed by atoms with van der Waals surface area (Å²) in [6.07, 6.45) is 4.36. The monoisotopic (exact) mass is 496 g/mol. The molecule has 2 aromatic carbocycles. The average Bonchev–Trinajstić information content (AvgIpc) is 3.34. The van der Waals surface area contributed by atoms with Gasteiger partial charge in [0.2, 0.25) is 11.9 Å². The van der Waals surface area contributed by atoms with Crippen molar-refractivity contribution < 1.29 is 9.18 Å².